The van der Waals surface area contributed by atoms with Gasteiger partial charge in [-0.2, -0.15) is 0 Å². The van der Waals surface area contributed by atoms with E-state index in [0.29, 0.717) is 6.54 Å². The molecule has 0 bridgehead atoms. The molecule has 0 radical (unpaired) electrons. The van der Waals surface area contributed by atoms with Crippen LogP contribution in [0.2, 0.25) is 0 Å². The van der Waals surface area contributed by atoms with E-state index in [9.17, 15) is 9.59 Å². The van der Waals surface area contributed by atoms with E-state index in [-0.39, 0.29) is 6.42 Å². The average molecular weight is 171 g/mol. The Hall–Kier alpha value is -1.36. The Bertz CT molecular complexity index is 191. The Morgan fingerprint density at radius 3 is 2.58 bits per heavy atom. The van der Waals surface area contributed by atoms with Crippen LogP contribution in [0, 0.1) is 0 Å². The molecule has 0 rings (SSSR count). The number of rotatable bonds is 5. The minimum atomic E-state index is -0.859. The molecule has 0 aromatic carbocycles. The van der Waals surface area contributed by atoms with Gasteiger partial charge in [-0.1, -0.05) is 6.08 Å². The Labute approximate surface area is 70.8 Å². The fourth-order valence-corrected chi connectivity index (χ4v) is 0.613. The van der Waals surface area contributed by atoms with Gasteiger partial charge in [-0.3, -0.25) is 9.59 Å². The number of hydrogen-bond donors (Lipinski definition) is 3. The minimum absolute atomic E-state index is 0.136. The minimum Gasteiger partial charge on any atom is -0.370 e. The van der Waals surface area contributed by atoms with Crippen molar-refractivity contribution >= 4 is 11.8 Å². The molecule has 0 saturated carbocycles. The van der Waals surface area contributed by atoms with E-state index >= 15 is 0 Å². The van der Waals surface area contributed by atoms with Crippen molar-refractivity contribution < 1.29 is 9.59 Å². The van der Waals surface area contributed by atoms with Gasteiger partial charge in [0.2, 0.25) is 11.8 Å². The van der Waals surface area contributed by atoms with E-state index in [1.54, 1.807) is 0 Å². The van der Waals surface area contributed by atoms with Gasteiger partial charge in [-0.05, 0) is 0 Å². The summed E-state index contributed by atoms with van der Waals surface area (Å²) in [5.41, 5.74) is 10.2. The highest BCUT2D eigenvalue weighted by molar-refractivity contribution is 5.87. The van der Waals surface area contributed by atoms with Crippen LogP contribution in [0.25, 0.3) is 0 Å². The monoisotopic (exact) mass is 171 g/mol. The molecule has 5 heteroatoms. The molecule has 0 aliphatic heterocycles. The van der Waals surface area contributed by atoms with Gasteiger partial charge in [0.15, 0.2) is 0 Å². The third kappa shape index (κ3) is 4.45. The number of carbonyl (C=O) groups excluding carboxylic acids is 2. The maximum atomic E-state index is 10.9. The van der Waals surface area contributed by atoms with Crippen LogP contribution >= 0.6 is 0 Å². The molecule has 0 aromatic heterocycles. The maximum Gasteiger partial charge on any atom is 0.237 e. The maximum absolute atomic E-state index is 10.9. The lowest BCUT2D eigenvalue weighted by Crippen LogP contribution is -2.42. The van der Waals surface area contributed by atoms with Crippen LogP contribution in [0.5, 0.6) is 0 Å². The molecule has 1 atom stereocenters. The van der Waals surface area contributed by atoms with Crippen LogP contribution in [0.1, 0.15) is 6.42 Å². The van der Waals surface area contributed by atoms with Crippen LogP contribution in [0.15, 0.2) is 12.7 Å². The third-order valence-corrected chi connectivity index (χ3v) is 1.18. The first-order chi connectivity index (χ1) is 5.57. The van der Waals surface area contributed by atoms with Crippen molar-refractivity contribution in [3.8, 4) is 0 Å². The molecule has 5 N–H and O–H groups in total. The predicted molar refractivity (Wildman–Crippen MR) is 45.0 cm³/mol. The van der Waals surface area contributed by atoms with Gasteiger partial charge < -0.3 is 16.8 Å². The second-order valence-corrected chi connectivity index (χ2v) is 2.31. The molecule has 1 unspecified atom stereocenters. The molecular weight excluding hydrogens is 158 g/mol. The number of carbonyl (C=O) groups is 2. The predicted octanol–water partition coefficient (Wildman–Crippen LogP) is -1.51. The lowest BCUT2D eigenvalue weighted by Gasteiger charge is -2.08. The lowest BCUT2D eigenvalue weighted by atomic mass is 10.2. The van der Waals surface area contributed by atoms with E-state index in [4.69, 9.17) is 11.5 Å². The van der Waals surface area contributed by atoms with Crippen LogP contribution in [-0.2, 0) is 9.59 Å². The highest BCUT2D eigenvalue weighted by atomic mass is 16.2. The van der Waals surface area contributed by atoms with E-state index < -0.39 is 17.9 Å². The smallest absolute Gasteiger partial charge is 0.237 e. The first-order valence-electron chi connectivity index (χ1n) is 3.50. The Morgan fingerprint density at radius 2 is 2.17 bits per heavy atom. The lowest BCUT2D eigenvalue weighted by molar-refractivity contribution is -0.126. The highest BCUT2D eigenvalue weighted by Crippen LogP contribution is 1.85. The molecule has 0 spiro atoms. The van der Waals surface area contributed by atoms with Gasteiger partial charge >= 0.3 is 0 Å². The van der Waals surface area contributed by atoms with Crippen LogP contribution in [0.3, 0.4) is 0 Å². The summed E-state index contributed by atoms with van der Waals surface area (Å²) in [6.45, 7) is 3.74. The van der Waals surface area contributed by atoms with Gasteiger partial charge in [-0.25, -0.2) is 0 Å². The molecule has 0 aliphatic rings. The summed E-state index contributed by atoms with van der Waals surface area (Å²) in [5.74, 6) is -0.982. The zero-order chi connectivity index (χ0) is 9.56. The molecule has 12 heavy (non-hydrogen) atoms. The van der Waals surface area contributed by atoms with Gasteiger partial charge in [0, 0.05) is 6.54 Å². The van der Waals surface area contributed by atoms with E-state index in [1.165, 1.54) is 6.08 Å². The van der Waals surface area contributed by atoms with Crippen molar-refractivity contribution in [3.05, 3.63) is 12.7 Å². The van der Waals surface area contributed by atoms with Gasteiger partial charge in [0.05, 0.1) is 12.5 Å². The number of primary amides is 1. The fraction of sp³-hybridized carbons (Fsp3) is 0.429. The number of nitrogens with one attached hydrogen (secondary N) is 1. The zero-order valence-corrected chi connectivity index (χ0v) is 6.75. The summed E-state index contributed by atoms with van der Waals surface area (Å²) < 4.78 is 0. The van der Waals surface area contributed by atoms with Crippen molar-refractivity contribution in [2.45, 2.75) is 12.5 Å². The SMILES string of the molecule is C=CCNC(=O)C(N)CC(N)=O. The topological polar surface area (TPSA) is 98.2 Å². The summed E-state index contributed by atoms with van der Waals surface area (Å²) in [4.78, 5) is 21.3. The molecule has 5 nitrogen and oxygen atoms in total. The van der Waals surface area contributed by atoms with Crippen molar-refractivity contribution in [3.63, 3.8) is 0 Å². The molecule has 0 saturated heterocycles. The summed E-state index contributed by atoms with van der Waals surface area (Å²) in [6, 6.07) is -0.859. The molecule has 0 aromatic rings. The van der Waals surface area contributed by atoms with E-state index in [0.717, 1.165) is 0 Å². The third-order valence-electron chi connectivity index (χ3n) is 1.18. The highest BCUT2D eigenvalue weighted by Gasteiger charge is 2.14. The molecule has 2 amide bonds. The molecule has 0 aliphatic carbocycles. The van der Waals surface area contributed by atoms with Crippen LogP contribution in [-0.4, -0.2) is 24.4 Å². The second kappa shape index (κ2) is 5.31. The average Bonchev–Trinajstić information content (AvgIpc) is 1.98. The van der Waals surface area contributed by atoms with Gasteiger partial charge in [0.25, 0.3) is 0 Å². The Morgan fingerprint density at radius 1 is 1.58 bits per heavy atom. The largest absolute Gasteiger partial charge is 0.370 e. The van der Waals surface area contributed by atoms with Crippen LogP contribution < -0.4 is 16.8 Å². The van der Waals surface area contributed by atoms with E-state index in [1.807, 2.05) is 0 Å². The number of nitrogens with two attached hydrogens (primary N) is 2. The second-order valence-electron chi connectivity index (χ2n) is 2.31. The molecule has 68 valence electrons. The summed E-state index contributed by atoms with van der Waals surface area (Å²) >= 11 is 0. The fourth-order valence-electron chi connectivity index (χ4n) is 0.613. The van der Waals surface area contributed by atoms with Crippen molar-refractivity contribution in [2.75, 3.05) is 6.54 Å². The van der Waals surface area contributed by atoms with Crippen molar-refractivity contribution in [2.24, 2.45) is 11.5 Å². The molecule has 0 heterocycles. The quantitative estimate of drug-likeness (QED) is 0.438. The van der Waals surface area contributed by atoms with Gasteiger partial charge in [-0.15, -0.1) is 6.58 Å². The number of amides is 2. The number of hydrogen-bond acceptors (Lipinski definition) is 3. The van der Waals surface area contributed by atoms with E-state index in [2.05, 4.69) is 11.9 Å². The van der Waals surface area contributed by atoms with Crippen LogP contribution in [0.4, 0.5) is 0 Å². The molecular formula is C7H13N3O2. The Kier molecular flexibility index (Phi) is 4.71. The van der Waals surface area contributed by atoms with Crippen molar-refractivity contribution in [1.29, 1.82) is 0 Å². The summed E-state index contributed by atoms with van der Waals surface area (Å²) in [7, 11) is 0. The van der Waals surface area contributed by atoms with Gasteiger partial charge in [0.1, 0.15) is 0 Å². The van der Waals surface area contributed by atoms with Crippen molar-refractivity contribution in [1.82, 2.24) is 5.32 Å². The standard InChI is InChI=1S/C7H13N3O2/c1-2-3-10-7(12)5(8)4-6(9)11/h2,5H,1,3-4,8H2,(H2,9,11)(H,10,12). The summed E-state index contributed by atoms with van der Waals surface area (Å²) in [5, 5.41) is 2.45. The summed E-state index contributed by atoms with van der Waals surface area (Å²) in [6.07, 6.45) is 1.39. The Balaban J connectivity index is 3.76. The first kappa shape index (κ1) is 10.6. The zero-order valence-electron chi connectivity index (χ0n) is 6.75. The first-order valence-corrected chi connectivity index (χ1v) is 3.50. The normalized spacial score (nSPS) is 11.8. The molecule has 0 fully saturated rings.